The molecule has 3 aromatic carbocycles. The van der Waals surface area contributed by atoms with Crippen LogP contribution in [0.2, 0.25) is 0 Å². The van der Waals surface area contributed by atoms with Gasteiger partial charge in [-0.15, -0.1) is 0 Å². The molecule has 1 aliphatic heterocycles. The van der Waals surface area contributed by atoms with Gasteiger partial charge in [0.25, 0.3) is 15.7 Å². The molecule has 232 valence electrons. The Balaban J connectivity index is 1.29. The van der Waals surface area contributed by atoms with Crippen molar-refractivity contribution in [3.8, 4) is 23.0 Å². The summed E-state index contributed by atoms with van der Waals surface area (Å²) < 4.78 is 60.4. The normalized spacial score (nSPS) is 14.3. The Labute approximate surface area is 254 Å². The average molecular weight is 626 g/mol. The molecule has 1 aromatic heterocycles. The number of methoxy groups -OCH3 is 1. The maximum Gasteiger partial charge on any atom is 0.289 e. The van der Waals surface area contributed by atoms with Crippen molar-refractivity contribution in [2.45, 2.75) is 11.3 Å². The van der Waals surface area contributed by atoms with E-state index in [1.807, 2.05) is 0 Å². The van der Waals surface area contributed by atoms with E-state index in [4.69, 9.17) is 14.2 Å². The van der Waals surface area contributed by atoms with E-state index >= 15 is 4.39 Å². The highest BCUT2D eigenvalue weighted by Crippen LogP contribution is 2.38. The number of hydrogen-bond donors (Lipinski definition) is 1. The molecule has 0 aliphatic carbocycles. The molecule has 1 N–H and O–H groups in total. The van der Waals surface area contributed by atoms with E-state index in [9.17, 15) is 18.5 Å². The fourth-order valence-electron chi connectivity index (χ4n) is 4.84. The van der Waals surface area contributed by atoms with E-state index in [1.165, 1.54) is 37.6 Å². The fraction of sp³-hybridized carbons (Fsp3) is 0.300. The quantitative estimate of drug-likeness (QED) is 0.132. The van der Waals surface area contributed by atoms with E-state index in [2.05, 4.69) is 26.6 Å². The molecule has 1 saturated heterocycles. The van der Waals surface area contributed by atoms with Gasteiger partial charge in [-0.3, -0.25) is 19.8 Å². The summed E-state index contributed by atoms with van der Waals surface area (Å²) in [7, 11) is -0.719. The van der Waals surface area contributed by atoms with E-state index in [1.54, 1.807) is 18.2 Å². The number of nitro benzene ring substituents is 1. The van der Waals surface area contributed by atoms with Crippen LogP contribution in [0.15, 0.2) is 71.8 Å². The van der Waals surface area contributed by atoms with Crippen molar-refractivity contribution in [2.24, 2.45) is 0 Å². The molecule has 0 unspecified atom stereocenters. The second-order valence-corrected chi connectivity index (χ2v) is 11.9. The summed E-state index contributed by atoms with van der Waals surface area (Å²) in [4.78, 5) is 19.1. The van der Waals surface area contributed by atoms with Crippen LogP contribution in [0.25, 0.3) is 10.9 Å². The number of nitro groups is 1. The van der Waals surface area contributed by atoms with Gasteiger partial charge in [0, 0.05) is 62.5 Å². The zero-order valence-corrected chi connectivity index (χ0v) is 25.0. The van der Waals surface area contributed by atoms with Crippen LogP contribution in [0.1, 0.15) is 6.42 Å². The lowest BCUT2D eigenvalue weighted by Gasteiger charge is -2.32. The van der Waals surface area contributed by atoms with Crippen LogP contribution in [-0.2, 0) is 10.0 Å². The zero-order chi connectivity index (χ0) is 31.3. The Bertz CT molecular complexity index is 1760. The van der Waals surface area contributed by atoms with Crippen molar-refractivity contribution >= 4 is 32.3 Å². The summed E-state index contributed by atoms with van der Waals surface area (Å²) in [6.07, 6.45) is 2.38. The van der Waals surface area contributed by atoms with E-state index in [0.29, 0.717) is 34.8 Å². The van der Waals surface area contributed by atoms with Crippen molar-refractivity contribution in [1.82, 2.24) is 14.8 Å². The van der Waals surface area contributed by atoms with Crippen LogP contribution in [0.5, 0.6) is 23.0 Å². The lowest BCUT2D eigenvalue weighted by atomic mass is 10.1. The summed E-state index contributed by atoms with van der Waals surface area (Å²) >= 11 is 0. The minimum absolute atomic E-state index is 0.135. The number of fused-ring (bicyclic) bond motifs is 1. The molecule has 44 heavy (non-hydrogen) atoms. The summed E-state index contributed by atoms with van der Waals surface area (Å²) in [5.41, 5.74) is -0.185. The van der Waals surface area contributed by atoms with Gasteiger partial charge in [0.2, 0.25) is 0 Å². The first-order chi connectivity index (χ1) is 21.1. The Morgan fingerprint density at radius 2 is 1.77 bits per heavy atom. The van der Waals surface area contributed by atoms with E-state index in [-0.39, 0.29) is 11.4 Å². The number of para-hydroxylation sites is 1. The maximum atomic E-state index is 15.1. The minimum atomic E-state index is -4.37. The van der Waals surface area contributed by atoms with Gasteiger partial charge >= 0.3 is 0 Å². The third kappa shape index (κ3) is 7.15. The first kappa shape index (κ1) is 30.9. The number of pyridine rings is 1. The molecular formula is C30H32FN5O7S. The number of nitrogens with one attached hydrogen (secondary N) is 1. The van der Waals surface area contributed by atoms with Crippen LogP contribution >= 0.6 is 0 Å². The predicted octanol–water partition coefficient (Wildman–Crippen LogP) is 4.90. The largest absolute Gasteiger partial charge is 0.493 e. The lowest BCUT2D eigenvalue weighted by Crippen LogP contribution is -2.44. The highest BCUT2D eigenvalue weighted by atomic mass is 32.2. The van der Waals surface area contributed by atoms with Crippen LogP contribution < -0.4 is 18.9 Å². The molecule has 4 aromatic rings. The molecule has 12 nitrogen and oxygen atoms in total. The fourth-order valence-corrected chi connectivity index (χ4v) is 6.07. The molecule has 0 bridgehead atoms. The van der Waals surface area contributed by atoms with Crippen molar-refractivity contribution in [1.29, 1.82) is 0 Å². The highest BCUT2D eigenvalue weighted by Gasteiger charge is 2.25. The van der Waals surface area contributed by atoms with Crippen LogP contribution in [0.3, 0.4) is 0 Å². The SMILES string of the molecule is COc1cc2c(Oc3ccc(NS(=O)(=O)c4ccccc4[N+](=O)[O-])cc3F)ccnc2cc1OCCCN1CCN(C)CC1. The number of halogens is 1. The Morgan fingerprint density at radius 1 is 1.00 bits per heavy atom. The molecule has 14 heteroatoms. The second kappa shape index (κ2) is 13.4. The third-order valence-corrected chi connectivity index (χ3v) is 8.64. The van der Waals surface area contributed by atoms with Crippen LogP contribution in [0, 0.1) is 15.9 Å². The average Bonchev–Trinajstić information content (AvgIpc) is 3.01. The first-order valence-corrected chi connectivity index (χ1v) is 15.4. The number of nitrogens with zero attached hydrogens (tertiary/aromatic N) is 4. The Hall–Kier alpha value is -4.53. The molecule has 0 radical (unpaired) electrons. The van der Waals surface area contributed by atoms with Gasteiger partial charge < -0.3 is 24.0 Å². The third-order valence-electron chi connectivity index (χ3n) is 7.21. The maximum absolute atomic E-state index is 15.1. The van der Waals surface area contributed by atoms with Crippen molar-refractivity contribution < 1.29 is 31.9 Å². The molecule has 1 aliphatic rings. The number of ether oxygens (including phenoxy) is 3. The first-order valence-electron chi connectivity index (χ1n) is 13.9. The number of aromatic nitrogens is 1. The molecule has 0 atom stereocenters. The number of hydrogen-bond acceptors (Lipinski definition) is 10. The molecule has 0 amide bonds. The Kier molecular flexibility index (Phi) is 9.42. The van der Waals surface area contributed by atoms with Gasteiger partial charge in [-0.2, -0.15) is 0 Å². The molecule has 5 rings (SSSR count). The number of benzene rings is 3. The van der Waals surface area contributed by atoms with E-state index in [0.717, 1.165) is 57.3 Å². The number of likely N-dealkylation sites (N-methyl/N-ethyl adjacent to an activating group) is 1. The predicted molar refractivity (Wildman–Crippen MR) is 163 cm³/mol. The number of anilines is 1. The molecular weight excluding hydrogens is 593 g/mol. The van der Waals surface area contributed by atoms with Crippen LogP contribution in [0.4, 0.5) is 15.8 Å². The van der Waals surface area contributed by atoms with Gasteiger partial charge in [-0.1, -0.05) is 12.1 Å². The summed E-state index contributed by atoms with van der Waals surface area (Å²) in [6.45, 7) is 5.65. The smallest absolute Gasteiger partial charge is 0.289 e. The van der Waals surface area contributed by atoms with Crippen molar-refractivity contribution in [3.05, 3.63) is 82.8 Å². The van der Waals surface area contributed by atoms with Gasteiger partial charge in [-0.25, -0.2) is 12.8 Å². The number of rotatable bonds is 12. The summed E-state index contributed by atoms with van der Waals surface area (Å²) in [5, 5.41) is 11.8. The van der Waals surface area contributed by atoms with Gasteiger partial charge in [0.05, 0.1) is 29.8 Å². The highest BCUT2D eigenvalue weighted by molar-refractivity contribution is 7.92. The van der Waals surface area contributed by atoms with Gasteiger partial charge in [-0.05, 0) is 43.8 Å². The lowest BCUT2D eigenvalue weighted by molar-refractivity contribution is -0.387. The standard InChI is InChI=1S/C30H32FN5O7S/c1-34-13-15-35(16-14-34)12-5-17-42-29-20-24-22(19-28(29)41-2)26(10-11-32-24)43-27-9-8-21(18-23(27)31)33-44(39,40)30-7-4-3-6-25(30)36(37)38/h3-4,6-11,18-20,33H,5,12-17H2,1-2H3. The van der Waals surface area contributed by atoms with Crippen molar-refractivity contribution in [2.75, 3.05) is 58.2 Å². The summed E-state index contributed by atoms with van der Waals surface area (Å²) in [6, 6.07) is 13.4. The van der Waals surface area contributed by atoms with Crippen molar-refractivity contribution in [3.63, 3.8) is 0 Å². The monoisotopic (exact) mass is 625 g/mol. The molecule has 0 saturated carbocycles. The number of piperazine rings is 1. The summed E-state index contributed by atoms with van der Waals surface area (Å²) in [5.74, 6) is 0.265. The number of sulfonamides is 1. The molecule has 1 fully saturated rings. The van der Waals surface area contributed by atoms with E-state index < -0.39 is 31.3 Å². The van der Waals surface area contributed by atoms with Gasteiger partial charge in [0.15, 0.2) is 28.0 Å². The van der Waals surface area contributed by atoms with Gasteiger partial charge in [0.1, 0.15) is 5.75 Å². The Morgan fingerprint density at radius 3 is 2.50 bits per heavy atom. The second-order valence-electron chi connectivity index (χ2n) is 10.3. The van der Waals surface area contributed by atoms with Crippen LogP contribution in [-0.4, -0.2) is 81.6 Å². The zero-order valence-electron chi connectivity index (χ0n) is 24.2. The minimum Gasteiger partial charge on any atom is -0.493 e. The topological polar surface area (TPSA) is 136 Å². The molecule has 0 spiro atoms. The molecule has 2 heterocycles.